The minimum absolute atomic E-state index is 0.0417. The van der Waals surface area contributed by atoms with Crippen LogP contribution in [0.25, 0.3) is 0 Å². The van der Waals surface area contributed by atoms with Crippen molar-refractivity contribution in [3.8, 4) is 0 Å². The van der Waals surface area contributed by atoms with E-state index in [2.05, 4.69) is 43.5 Å². The van der Waals surface area contributed by atoms with Crippen LogP contribution in [-0.2, 0) is 14.3 Å². The molecule has 0 aromatic carbocycles. The molecule has 0 rings (SSSR count). The molecule has 0 bridgehead atoms. The molecule has 0 saturated heterocycles. The summed E-state index contributed by atoms with van der Waals surface area (Å²) in [4.78, 5) is 24.5. The summed E-state index contributed by atoms with van der Waals surface area (Å²) in [6.07, 6.45) is 61.5. The van der Waals surface area contributed by atoms with Gasteiger partial charge in [0.1, 0.15) is 0 Å². The Labute approximate surface area is 379 Å². The van der Waals surface area contributed by atoms with Crippen molar-refractivity contribution in [3.05, 3.63) is 36.5 Å². The molecular formula is C55H103NO5. The quantitative estimate of drug-likeness (QED) is 0.0322. The van der Waals surface area contributed by atoms with E-state index in [1.807, 2.05) is 6.08 Å². The van der Waals surface area contributed by atoms with Gasteiger partial charge in [0.2, 0.25) is 5.91 Å². The number of esters is 1. The molecule has 0 aromatic rings. The van der Waals surface area contributed by atoms with E-state index in [4.69, 9.17) is 4.74 Å². The fourth-order valence-corrected chi connectivity index (χ4v) is 7.97. The maximum absolute atomic E-state index is 12.4. The third-order valence-electron chi connectivity index (χ3n) is 12.1. The van der Waals surface area contributed by atoms with Crippen LogP contribution in [0, 0.1) is 0 Å². The Balaban J connectivity index is 3.56. The van der Waals surface area contributed by atoms with Gasteiger partial charge < -0.3 is 20.3 Å². The van der Waals surface area contributed by atoms with Crippen LogP contribution in [0.2, 0.25) is 0 Å². The van der Waals surface area contributed by atoms with Gasteiger partial charge in [-0.3, -0.25) is 9.59 Å². The van der Waals surface area contributed by atoms with Gasteiger partial charge in [0.15, 0.2) is 0 Å². The number of nitrogens with one attached hydrogen (secondary N) is 1. The first kappa shape index (κ1) is 59.1. The van der Waals surface area contributed by atoms with Gasteiger partial charge in [0.25, 0.3) is 0 Å². The molecule has 0 aliphatic heterocycles. The standard InChI is InChI=1S/C55H103NO5/c1-3-5-7-9-11-13-15-17-19-20-21-22-23-24-27-31-35-39-43-47-53(58)52(51-57)56-54(59)48-44-40-36-32-28-26-30-34-38-42-46-50-61-55(60)49-45-41-37-33-29-25-18-16-14-12-10-8-6-4-2/h16,18,30,34,43,47,52-53,57-58H,3-15,17,19-29,31-33,35-42,44-46,48-51H2,1-2H3,(H,56,59)/b18-16-,34-30-,47-43+. The predicted octanol–water partition coefficient (Wildman–Crippen LogP) is 16.1. The van der Waals surface area contributed by atoms with Crippen LogP contribution in [-0.4, -0.2) is 47.4 Å². The van der Waals surface area contributed by atoms with E-state index < -0.39 is 12.1 Å². The van der Waals surface area contributed by atoms with E-state index in [1.165, 1.54) is 167 Å². The van der Waals surface area contributed by atoms with Crippen LogP contribution in [0.1, 0.15) is 277 Å². The number of rotatable bonds is 49. The Hall–Kier alpha value is -1.92. The average molecular weight is 858 g/mol. The zero-order chi connectivity index (χ0) is 44.4. The van der Waals surface area contributed by atoms with Crippen LogP contribution in [0.3, 0.4) is 0 Å². The molecule has 61 heavy (non-hydrogen) atoms. The molecule has 0 radical (unpaired) electrons. The Morgan fingerprint density at radius 2 is 0.770 bits per heavy atom. The van der Waals surface area contributed by atoms with Gasteiger partial charge in [-0.15, -0.1) is 0 Å². The summed E-state index contributed by atoms with van der Waals surface area (Å²) in [5, 5.41) is 23.1. The smallest absolute Gasteiger partial charge is 0.305 e. The van der Waals surface area contributed by atoms with E-state index in [0.717, 1.165) is 83.5 Å². The summed E-state index contributed by atoms with van der Waals surface area (Å²) in [5.74, 6) is -0.138. The van der Waals surface area contributed by atoms with Crippen LogP contribution >= 0.6 is 0 Å². The molecule has 358 valence electrons. The first-order valence-electron chi connectivity index (χ1n) is 26.8. The molecule has 2 unspecified atom stereocenters. The molecule has 1 amide bonds. The number of hydrogen-bond acceptors (Lipinski definition) is 5. The highest BCUT2D eigenvalue weighted by Gasteiger charge is 2.18. The van der Waals surface area contributed by atoms with E-state index in [-0.39, 0.29) is 18.5 Å². The third kappa shape index (κ3) is 47.4. The lowest BCUT2D eigenvalue weighted by Gasteiger charge is -2.20. The minimum atomic E-state index is -0.863. The Morgan fingerprint density at radius 1 is 0.443 bits per heavy atom. The molecule has 6 heteroatoms. The van der Waals surface area contributed by atoms with Gasteiger partial charge in [-0.1, -0.05) is 217 Å². The maximum atomic E-state index is 12.4. The van der Waals surface area contributed by atoms with Crippen molar-refractivity contribution in [3.63, 3.8) is 0 Å². The molecule has 0 saturated carbocycles. The Kier molecular flexibility index (Phi) is 49.1. The number of allylic oxidation sites excluding steroid dienone is 5. The molecule has 0 spiro atoms. The number of aliphatic hydroxyl groups is 2. The predicted molar refractivity (Wildman–Crippen MR) is 264 cm³/mol. The second-order valence-corrected chi connectivity index (χ2v) is 18.2. The highest BCUT2D eigenvalue weighted by Crippen LogP contribution is 2.16. The monoisotopic (exact) mass is 858 g/mol. The number of hydrogen-bond donors (Lipinski definition) is 3. The van der Waals surface area contributed by atoms with Gasteiger partial charge in [-0.25, -0.2) is 0 Å². The van der Waals surface area contributed by atoms with Crippen molar-refractivity contribution in [2.75, 3.05) is 13.2 Å². The number of ether oxygens (including phenoxy) is 1. The van der Waals surface area contributed by atoms with Gasteiger partial charge in [0.05, 0.1) is 25.4 Å². The highest BCUT2D eigenvalue weighted by atomic mass is 16.5. The normalized spacial score (nSPS) is 12.9. The van der Waals surface area contributed by atoms with E-state index in [0.29, 0.717) is 19.4 Å². The number of amides is 1. The Bertz CT molecular complexity index is 993. The van der Waals surface area contributed by atoms with Crippen LogP contribution in [0.5, 0.6) is 0 Å². The number of carbonyl (C=O) groups is 2. The zero-order valence-corrected chi connectivity index (χ0v) is 40.6. The van der Waals surface area contributed by atoms with Crippen molar-refractivity contribution in [1.29, 1.82) is 0 Å². The highest BCUT2D eigenvalue weighted by molar-refractivity contribution is 5.76. The first-order chi connectivity index (χ1) is 30.0. The molecule has 0 fully saturated rings. The third-order valence-corrected chi connectivity index (χ3v) is 12.1. The summed E-state index contributed by atoms with van der Waals surface area (Å²) in [7, 11) is 0. The van der Waals surface area contributed by atoms with Gasteiger partial charge in [0, 0.05) is 12.8 Å². The summed E-state index contributed by atoms with van der Waals surface area (Å²) in [6.45, 7) is 4.81. The number of unbranched alkanes of at least 4 members (excludes halogenated alkanes) is 34. The topological polar surface area (TPSA) is 95.9 Å². The van der Waals surface area contributed by atoms with Gasteiger partial charge in [-0.05, 0) is 83.5 Å². The van der Waals surface area contributed by atoms with E-state index >= 15 is 0 Å². The summed E-state index contributed by atoms with van der Waals surface area (Å²) >= 11 is 0. The lowest BCUT2D eigenvalue weighted by atomic mass is 10.0. The van der Waals surface area contributed by atoms with E-state index in [1.54, 1.807) is 6.08 Å². The fraction of sp³-hybridized carbons (Fsp3) is 0.855. The average Bonchev–Trinajstić information content (AvgIpc) is 3.26. The van der Waals surface area contributed by atoms with Crippen LogP contribution < -0.4 is 5.32 Å². The lowest BCUT2D eigenvalue weighted by Crippen LogP contribution is -2.45. The van der Waals surface area contributed by atoms with Crippen molar-refractivity contribution < 1.29 is 24.5 Å². The van der Waals surface area contributed by atoms with Crippen LogP contribution in [0.15, 0.2) is 36.5 Å². The van der Waals surface area contributed by atoms with Crippen molar-refractivity contribution >= 4 is 11.9 Å². The molecule has 3 N–H and O–H groups in total. The number of aliphatic hydroxyl groups excluding tert-OH is 2. The molecule has 0 aromatic heterocycles. The fourth-order valence-electron chi connectivity index (χ4n) is 7.97. The van der Waals surface area contributed by atoms with Crippen molar-refractivity contribution in [2.24, 2.45) is 0 Å². The molecule has 2 atom stereocenters. The van der Waals surface area contributed by atoms with Gasteiger partial charge in [-0.2, -0.15) is 0 Å². The largest absolute Gasteiger partial charge is 0.466 e. The van der Waals surface area contributed by atoms with Crippen molar-refractivity contribution in [2.45, 2.75) is 289 Å². The summed E-state index contributed by atoms with van der Waals surface area (Å²) in [5.41, 5.74) is 0. The second-order valence-electron chi connectivity index (χ2n) is 18.2. The number of carbonyl (C=O) groups excluding carboxylic acids is 2. The van der Waals surface area contributed by atoms with Crippen LogP contribution in [0.4, 0.5) is 0 Å². The second kappa shape index (κ2) is 50.7. The van der Waals surface area contributed by atoms with Gasteiger partial charge >= 0.3 is 5.97 Å². The first-order valence-corrected chi connectivity index (χ1v) is 26.8. The molecule has 0 aliphatic carbocycles. The lowest BCUT2D eigenvalue weighted by molar-refractivity contribution is -0.143. The summed E-state index contributed by atoms with van der Waals surface area (Å²) in [6, 6.07) is -0.650. The summed E-state index contributed by atoms with van der Waals surface area (Å²) < 4.78 is 5.43. The SMILES string of the molecule is CCCCCCC/C=C\CCCCCCCC(=O)OCCCC/C=C\CCCCCCCC(=O)NC(CO)C(O)/C=C/CCCCCCCCCCCCCCCCCCC. The Morgan fingerprint density at radius 3 is 1.16 bits per heavy atom. The van der Waals surface area contributed by atoms with E-state index in [9.17, 15) is 19.8 Å². The maximum Gasteiger partial charge on any atom is 0.305 e. The zero-order valence-electron chi connectivity index (χ0n) is 40.6. The molecule has 0 aliphatic rings. The molecule has 6 nitrogen and oxygen atoms in total. The van der Waals surface area contributed by atoms with Crippen molar-refractivity contribution in [1.82, 2.24) is 5.32 Å². The molecular weight excluding hydrogens is 755 g/mol. The molecule has 0 heterocycles. The minimum Gasteiger partial charge on any atom is -0.466 e.